The summed E-state index contributed by atoms with van der Waals surface area (Å²) in [4.78, 5) is 12.4. The van der Waals surface area contributed by atoms with Gasteiger partial charge >= 0.3 is 0 Å². The van der Waals surface area contributed by atoms with Gasteiger partial charge < -0.3 is 9.73 Å². The average molecular weight is 408 g/mol. The standard InChI is InChI=1S/C21H11Cl2N3O2/c22-17-7-5-13(10-18(17)23)20-8-6-16(28-20)9-15(12-25)21(27)26-19-4-2-1-3-14(19)11-24/h1-10H,(H,26,27)/b15-9+. The van der Waals surface area contributed by atoms with Crippen molar-refractivity contribution in [3.8, 4) is 23.5 Å². The summed E-state index contributed by atoms with van der Waals surface area (Å²) in [6.07, 6.45) is 1.32. The summed E-state index contributed by atoms with van der Waals surface area (Å²) >= 11 is 11.9. The van der Waals surface area contributed by atoms with Gasteiger partial charge in [-0.05, 0) is 42.5 Å². The molecule has 0 bridgehead atoms. The number of hydrogen-bond acceptors (Lipinski definition) is 4. The summed E-state index contributed by atoms with van der Waals surface area (Å²) < 4.78 is 5.68. The predicted molar refractivity (Wildman–Crippen MR) is 108 cm³/mol. The van der Waals surface area contributed by atoms with Crippen molar-refractivity contribution in [1.82, 2.24) is 0 Å². The van der Waals surface area contributed by atoms with E-state index in [4.69, 9.17) is 32.9 Å². The van der Waals surface area contributed by atoms with E-state index in [9.17, 15) is 10.1 Å². The molecule has 0 saturated heterocycles. The molecule has 0 fully saturated rings. The summed E-state index contributed by atoms with van der Waals surface area (Å²) in [7, 11) is 0. The van der Waals surface area contributed by atoms with E-state index in [2.05, 4.69) is 5.32 Å². The van der Waals surface area contributed by atoms with Crippen LogP contribution < -0.4 is 5.32 Å². The van der Waals surface area contributed by atoms with E-state index in [1.807, 2.05) is 12.1 Å². The van der Waals surface area contributed by atoms with Crippen LogP contribution in [0.5, 0.6) is 0 Å². The van der Waals surface area contributed by atoms with Crippen molar-refractivity contribution in [3.63, 3.8) is 0 Å². The highest BCUT2D eigenvalue weighted by atomic mass is 35.5. The number of carbonyl (C=O) groups is 1. The number of hydrogen-bond donors (Lipinski definition) is 1. The van der Waals surface area contributed by atoms with E-state index in [-0.39, 0.29) is 5.57 Å². The fourth-order valence-electron chi connectivity index (χ4n) is 2.41. The number of nitrogens with zero attached hydrogens (tertiary/aromatic N) is 2. The lowest BCUT2D eigenvalue weighted by molar-refractivity contribution is -0.112. The lowest BCUT2D eigenvalue weighted by Crippen LogP contribution is -2.14. The van der Waals surface area contributed by atoms with Gasteiger partial charge in [0, 0.05) is 11.6 Å². The lowest BCUT2D eigenvalue weighted by Gasteiger charge is -2.05. The maximum Gasteiger partial charge on any atom is 0.266 e. The van der Waals surface area contributed by atoms with Gasteiger partial charge in [-0.2, -0.15) is 10.5 Å². The van der Waals surface area contributed by atoms with Crippen LogP contribution in [0.4, 0.5) is 5.69 Å². The number of nitriles is 2. The quantitative estimate of drug-likeness (QED) is 0.445. The topological polar surface area (TPSA) is 89.8 Å². The molecule has 0 aliphatic rings. The Labute approximate surface area is 171 Å². The first-order chi connectivity index (χ1) is 13.5. The molecule has 1 heterocycles. The number of furan rings is 1. The van der Waals surface area contributed by atoms with Gasteiger partial charge in [0.25, 0.3) is 5.91 Å². The minimum atomic E-state index is -0.641. The number of anilines is 1. The maximum atomic E-state index is 12.4. The molecule has 0 unspecified atom stereocenters. The molecule has 0 atom stereocenters. The summed E-state index contributed by atoms with van der Waals surface area (Å²) in [6, 6.07) is 18.7. The maximum absolute atomic E-state index is 12.4. The van der Waals surface area contributed by atoms with Gasteiger partial charge in [0.1, 0.15) is 29.2 Å². The number of benzene rings is 2. The number of halogens is 2. The SMILES string of the molecule is N#C/C(=C\c1ccc(-c2ccc(Cl)c(Cl)c2)o1)C(=O)Nc1ccccc1C#N. The van der Waals surface area contributed by atoms with Gasteiger partial charge in [0.15, 0.2) is 0 Å². The molecule has 3 rings (SSSR count). The molecular formula is C21H11Cl2N3O2. The van der Waals surface area contributed by atoms with Crippen molar-refractivity contribution < 1.29 is 9.21 Å². The number of amides is 1. The van der Waals surface area contributed by atoms with Gasteiger partial charge in [-0.25, -0.2) is 0 Å². The minimum Gasteiger partial charge on any atom is -0.457 e. The molecule has 1 N–H and O–H groups in total. The summed E-state index contributed by atoms with van der Waals surface area (Å²) in [5, 5.41) is 21.8. The van der Waals surface area contributed by atoms with E-state index >= 15 is 0 Å². The molecule has 0 saturated carbocycles. The van der Waals surface area contributed by atoms with Crippen molar-refractivity contribution in [1.29, 1.82) is 10.5 Å². The van der Waals surface area contributed by atoms with E-state index < -0.39 is 5.91 Å². The van der Waals surface area contributed by atoms with Crippen LogP contribution in [0.25, 0.3) is 17.4 Å². The number of carbonyl (C=O) groups excluding carboxylic acids is 1. The van der Waals surface area contributed by atoms with Crippen molar-refractivity contribution in [2.45, 2.75) is 0 Å². The zero-order valence-electron chi connectivity index (χ0n) is 14.2. The second-order valence-electron chi connectivity index (χ2n) is 5.61. The fraction of sp³-hybridized carbons (Fsp3) is 0. The van der Waals surface area contributed by atoms with Gasteiger partial charge in [0.05, 0.1) is 21.3 Å². The van der Waals surface area contributed by atoms with E-state index in [1.54, 1.807) is 54.6 Å². The number of rotatable bonds is 4. The molecule has 0 spiro atoms. The molecule has 0 radical (unpaired) electrons. The summed E-state index contributed by atoms with van der Waals surface area (Å²) in [6.45, 7) is 0. The van der Waals surface area contributed by atoms with Gasteiger partial charge in [-0.1, -0.05) is 35.3 Å². The van der Waals surface area contributed by atoms with Crippen LogP contribution >= 0.6 is 23.2 Å². The Morgan fingerprint density at radius 2 is 1.82 bits per heavy atom. The van der Waals surface area contributed by atoms with E-state index in [0.717, 1.165) is 0 Å². The molecule has 0 aliphatic heterocycles. The Morgan fingerprint density at radius 3 is 2.54 bits per heavy atom. The second kappa shape index (κ2) is 8.45. The molecule has 136 valence electrons. The molecule has 2 aromatic carbocycles. The molecule has 28 heavy (non-hydrogen) atoms. The summed E-state index contributed by atoms with van der Waals surface area (Å²) in [5.74, 6) is 0.191. The van der Waals surface area contributed by atoms with Gasteiger partial charge in [0.2, 0.25) is 0 Å². The Bertz CT molecular complexity index is 1170. The largest absolute Gasteiger partial charge is 0.457 e. The highest BCUT2D eigenvalue weighted by Gasteiger charge is 2.13. The first-order valence-corrected chi connectivity index (χ1v) is 8.75. The lowest BCUT2D eigenvalue weighted by atomic mass is 10.1. The first kappa shape index (κ1) is 19.3. The minimum absolute atomic E-state index is 0.164. The van der Waals surface area contributed by atoms with Crippen LogP contribution in [0, 0.1) is 22.7 Å². The average Bonchev–Trinajstić information content (AvgIpc) is 3.17. The van der Waals surface area contributed by atoms with Crippen LogP contribution in [-0.2, 0) is 4.79 Å². The predicted octanol–water partition coefficient (Wildman–Crippen LogP) is 5.67. The zero-order chi connectivity index (χ0) is 20.1. The zero-order valence-corrected chi connectivity index (χ0v) is 15.8. The van der Waals surface area contributed by atoms with Crippen molar-refractivity contribution in [3.05, 3.63) is 81.5 Å². The number of para-hydroxylation sites is 1. The molecule has 1 aromatic heterocycles. The smallest absolute Gasteiger partial charge is 0.266 e. The normalized spacial score (nSPS) is 10.8. The Morgan fingerprint density at radius 1 is 1.04 bits per heavy atom. The molecule has 1 amide bonds. The van der Waals surface area contributed by atoms with Gasteiger partial charge in [-0.3, -0.25) is 4.79 Å². The summed E-state index contributed by atoms with van der Waals surface area (Å²) in [5.41, 5.74) is 1.17. The monoisotopic (exact) mass is 407 g/mol. The van der Waals surface area contributed by atoms with Crippen molar-refractivity contribution in [2.24, 2.45) is 0 Å². The van der Waals surface area contributed by atoms with Crippen LogP contribution in [-0.4, -0.2) is 5.91 Å². The number of nitrogens with one attached hydrogen (secondary N) is 1. The van der Waals surface area contributed by atoms with Crippen LogP contribution in [0.15, 0.2) is 64.6 Å². The third kappa shape index (κ3) is 4.24. The Balaban J connectivity index is 1.84. The van der Waals surface area contributed by atoms with Crippen molar-refractivity contribution in [2.75, 3.05) is 5.32 Å². The van der Waals surface area contributed by atoms with E-state index in [0.29, 0.717) is 38.4 Å². The highest BCUT2D eigenvalue weighted by molar-refractivity contribution is 6.42. The molecule has 7 heteroatoms. The molecule has 0 aliphatic carbocycles. The fourth-order valence-corrected chi connectivity index (χ4v) is 2.70. The first-order valence-electron chi connectivity index (χ1n) is 7.99. The van der Waals surface area contributed by atoms with E-state index in [1.165, 1.54) is 6.08 Å². The molecule has 3 aromatic rings. The molecule has 5 nitrogen and oxygen atoms in total. The third-order valence-corrected chi connectivity index (χ3v) is 4.52. The third-order valence-electron chi connectivity index (χ3n) is 3.78. The second-order valence-corrected chi connectivity index (χ2v) is 6.43. The highest BCUT2D eigenvalue weighted by Crippen LogP contribution is 2.30. The molecular weight excluding hydrogens is 397 g/mol. The van der Waals surface area contributed by atoms with Crippen LogP contribution in [0.2, 0.25) is 10.0 Å². The van der Waals surface area contributed by atoms with Crippen LogP contribution in [0.3, 0.4) is 0 Å². The Hall–Kier alpha value is -3.51. The van der Waals surface area contributed by atoms with Gasteiger partial charge in [-0.15, -0.1) is 0 Å². The van der Waals surface area contributed by atoms with Crippen LogP contribution in [0.1, 0.15) is 11.3 Å². The Kier molecular flexibility index (Phi) is 5.81. The van der Waals surface area contributed by atoms with Crippen molar-refractivity contribution >= 4 is 40.9 Å².